The molecule has 200 valence electrons. The molecule has 0 aromatic heterocycles. The number of nitrogens with two attached hydrogens (primary N) is 2. The summed E-state index contributed by atoms with van der Waals surface area (Å²) in [7, 11) is -9.59. The van der Waals surface area contributed by atoms with Crippen molar-refractivity contribution >= 4 is 30.1 Å². The minimum absolute atomic E-state index is 0.0328. The molecule has 0 radical (unpaired) electrons. The molecule has 2 aliphatic rings. The fourth-order valence-corrected chi connectivity index (χ4v) is 7.28. The first kappa shape index (κ1) is 29.2. The predicted molar refractivity (Wildman–Crippen MR) is 129 cm³/mol. The fourth-order valence-electron chi connectivity index (χ4n) is 3.58. The molecular formula is C20H32N2O10S3. The molecule has 0 aromatic carbocycles. The number of rotatable bonds is 12. The van der Waals surface area contributed by atoms with Crippen molar-refractivity contribution in [2.45, 2.75) is 36.2 Å². The molecule has 0 saturated carbocycles. The smallest absolute Gasteiger partial charge is 0.399 e. The van der Waals surface area contributed by atoms with Crippen LogP contribution in [0.4, 0.5) is 0 Å². The van der Waals surface area contributed by atoms with Crippen LogP contribution in [0.2, 0.25) is 0 Å². The zero-order chi connectivity index (χ0) is 26.7. The fraction of sp³-hybridized carbons (Fsp3) is 0.600. The number of allylic oxidation sites excluding steroid dienone is 4. The molecule has 35 heavy (non-hydrogen) atoms. The highest BCUT2D eigenvalue weighted by Gasteiger charge is 2.41. The normalized spacial score (nSPS) is 25.7. The third-order valence-corrected chi connectivity index (χ3v) is 11.6. The van der Waals surface area contributed by atoms with Crippen molar-refractivity contribution in [2.24, 2.45) is 11.5 Å². The first-order valence-electron chi connectivity index (χ1n) is 10.4. The van der Waals surface area contributed by atoms with Crippen molar-refractivity contribution in [1.29, 1.82) is 0 Å². The van der Waals surface area contributed by atoms with Crippen LogP contribution in [0, 0.1) is 0 Å². The maximum absolute atomic E-state index is 12.8. The van der Waals surface area contributed by atoms with Crippen LogP contribution in [0.1, 0.15) is 26.7 Å². The molecule has 0 aliphatic heterocycles. The van der Waals surface area contributed by atoms with Crippen LogP contribution in [-0.2, 0) is 47.9 Å². The van der Waals surface area contributed by atoms with Crippen LogP contribution in [0.15, 0.2) is 47.2 Å². The van der Waals surface area contributed by atoms with E-state index in [1.807, 2.05) is 0 Å². The molecular weight excluding hydrogens is 524 g/mol. The van der Waals surface area contributed by atoms with E-state index in [1.54, 1.807) is 0 Å². The maximum atomic E-state index is 12.8. The van der Waals surface area contributed by atoms with Gasteiger partial charge in [0.05, 0.1) is 59.8 Å². The largest absolute Gasteiger partial charge is 0.495 e. The van der Waals surface area contributed by atoms with Crippen molar-refractivity contribution in [3.63, 3.8) is 0 Å². The standard InChI is InChI=1S/C20H32N2O10S3/c1-19(7-5-17(29-3)15(21)13-19)33(23,24)11-9-31-35(27,28)32-10-12-34(25,26)20(2)8-6-18(30-4)16(22)14-20/h5-8H,9-14,21-22H2,1-4H3. The highest BCUT2D eigenvalue weighted by atomic mass is 32.3. The van der Waals surface area contributed by atoms with Crippen LogP contribution < -0.4 is 11.5 Å². The number of ether oxygens (including phenoxy) is 2. The summed E-state index contributed by atoms with van der Waals surface area (Å²) in [5.41, 5.74) is 12.2. The molecule has 15 heteroatoms. The molecule has 2 aliphatic carbocycles. The van der Waals surface area contributed by atoms with Gasteiger partial charge in [-0.25, -0.2) is 25.2 Å². The molecule has 0 heterocycles. The van der Waals surface area contributed by atoms with Crippen molar-refractivity contribution in [3.05, 3.63) is 47.2 Å². The lowest BCUT2D eigenvalue weighted by atomic mass is 9.98. The third kappa shape index (κ3) is 6.58. The Bertz CT molecular complexity index is 1170. The Hall–Kier alpha value is -2.07. The highest BCUT2D eigenvalue weighted by molar-refractivity contribution is 7.93. The molecule has 0 amide bonds. The number of sulfone groups is 2. The van der Waals surface area contributed by atoms with Gasteiger partial charge in [0.2, 0.25) is 0 Å². The van der Waals surface area contributed by atoms with E-state index in [4.69, 9.17) is 20.9 Å². The third-order valence-electron chi connectivity index (χ3n) is 5.91. The quantitative estimate of drug-likeness (QED) is 0.331. The first-order valence-corrected chi connectivity index (χ1v) is 15.1. The Morgan fingerprint density at radius 1 is 0.743 bits per heavy atom. The lowest BCUT2D eigenvalue weighted by Gasteiger charge is -2.29. The monoisotopic (exact) mass is 556 g/mol. The zero-order valence-electron chi connectivity index (χ0n) is 20.0. The van der Waals surface area contributed by atoms with Crippen molar-refractivity contribution in [3.8, 4) is 0 Å². The highest BCUT2D eigenvalue weighted by Crippen LogP contribution is 2.33. The van der Waals surface area contributed by atoms with E-state index in [1.165, 1.54) is 52.4 Å². The topological polar surface area (TPSA) is 191 Å². The summed E-state index contributed by atoms with van der Waals surface area (Å²) in [6.07, 6.45) is 5.66. The number of methoxy groups -OCH3 is 2. The van der Waals surface area contributed by atoms with Gasteiger partial charge in [-0.15, -0.1) is 0 Å². The minimum Gasteiger partial charge on any atom is -0.495 e. The molecule has 0 saturated heterocycles. The van der Waals surface area contributed by atoms with Gasteiger partial charge in [-0.05, 0) is 26.0 Å². The average Bonchev–Trinajstić information content (AvgIpc) is 2.73. The molecule has 12 nitrogen and oxygen atoms in total. The summed E-state index contributed by atoms with van der Waals surface area (Å²) in [5.74, 6) is -0.563. The zero-order valence-corrected chi connectivity index (χ0v) is 22.5. The van der Waals surface area contributed by atoms with Gasteiger partial charge in [-0.3, -0.25) is 0 Å². The van der Waals surface area contributed by atoms with Crippen molar-refractivity contribution in [1.82, 2.24) is 0 Å². The summed E-state index contributed by atoms with van der Waals surface area (Å²) in [6.45, 7) is 1.46. The van der Waals surface area contributed by atoms with Gasteiger partial charge < -0.3 is 20.9 Å². The van der Waals surface area contributed by atoms with Gasteiger partial charge in [0, 0.05) is 12.8 Å². The Balaban J connectivity index is 1.91. The van der Waals surface area contributed by atoms with E-state index in [9.17, 15) is 25.3 Å². The lowest BCUT2D eigenvalue weighted by Crippen LogP contribution is -2.40. The maximum Gasteiger partial charge on any atom is 0.399 e. The molecule has 2 unspecified atom stereocenters. The SMILES string of the molecule is COC1=C(N)CC(C)(S(=O)(=O)CCOS(=O)(=O)OCCS(=O)(=O)C2(C)C=CC(OC)=C(N)C2)C=C1. The molecule has 0 aromatic rings. The number of hydrogen-bond acceptors (Lipinski definition) is 12. The summed E-state index contributed by atoms with van der Waals surface area (Å²) in [5, 5.41) is 0. The summed E-state index contributed by atoms with van der Waals surface area (Å²) >= 11 is 0. The van der Waals surface area contributed by atoms with Gasteiger partial charge in [0.15, 0.2) is 19.7 Å². The molecule has 0 spiro atoms. The van der Waals surface area contributed by atoms with Gasteiger partial charge in [-0.1, -0.05) is 12.2 Å². The first-order chi connectivity index (χ1) is 16.0. The van der Waals surface area contributed by atoms with E-state index < -0.39 is 64.3 Å². The molecule has 2 rings (SSSR count). The molecule has 2 atom stereocenters. The minimum atomic E-state index is -4.65. The summed E-state index contributed by atoms with van der Waals surface area (Å²) < 4.78 is 91.7. The Labute approximate surface area is 206 Å². The molecule has 0 bridgehead atoms. The van der Waals surface area contributed by atoms with Crippen LogP contribution in [0.5, 0.6) is 0 Å². The summed E-state index contributed by atoms with van der Waals surface area (Å²) in [6, 6.07) is 0. The Morgan fingerprint density at radius 2 is 1.09 bits per heavy atom. The van der Waals surface area contributed by atoms with Crippen LogP contribution >= 0.6 is 0 Å². The van der Waals surface area contributed by atoms with Gasteiger partial charge in [0.1, 0.15) is 11.5 Å². The lowest BCUT2D eigenvalue weighted by molar-refractivity contribution is 0.231. The molecule has 4 N–H and O–H groups in total. The number of hydrogen-bond donors (Lipinski definition) is 2. The Kier molecular flexibility index (Phi) is 8.75. The van der Waals surface area contributed by atoms with Crippen molar-refractivity contribution < 1.29 is 43.1 Å². The molecule has 0 fully saturated rings. The van der Waals surface area contributed by atoms with Gasteiger partial charge >= 0.3 is 10.4 Å². The van der Waals surface area contributed by atoms with Crippen LogP contribution in [-0.4, -0.2) is 73.7 Å². The predicted octanol–water partition coefficient (Wildman–Crippen LogP) is 0.165. The van der Waals surface area contributed by atoms with Gasteiger partial charge in [0.25, 0.3) is 0 Å². The second-order valence-electron chi connectivity index (χ2n) is 8.52. The van der Waals surface area contributed by atoms with E-state index in [-0.39, 0.29) is 24.2 Å². The second-order valence-corrected chi connectivity index (χ2v) is 15.0. The second kappa shape index (κ2) is 10.5. The average molecular weight is 557 g/mol. The van der Waals surface area contributed by atoms with Crippen molar-refractivity contribution in [2.75, 3.05) is 38.9 Å². The van der Waals surface area contributed by atoms with E-state index in [2.05, 4.69) is 8.37 Å². The van der Waals surface area contributed by atoms with E-state index in [0.29, 0.717) is 11.5 Å². The summed E-state index contributed by atoms with van der Waals surface area (Å²) in [4.78, 5) is 0. The Morgan fingerprint density at radius 3 is 1.37 bits per heavy atom. The van der Waals surface area contributed by atoms with Gasteiger partial charge in [-0.2, -0.15) is 8.42 Å². The van der Waals surface area contributed by atoms with E-state index in [0.717, 1.165) is 0 Å². The van der Waals surface area contributed by atoms with E-state index >= 15 is 0 Å². The van der Waals surface area contributed by atoms with Crippen LogP contribution in [0.3, 0.4) is 0 Å². The van der Waals surface area contributed by atoms with Crippen LogP contribution in [0.25, 0.3) is 0 Å².